The van der Waals surface area contributed by atoms with Crippen LogP contribution in [-0.4, -0.2) is 30.1 Å². The van der Waals surface area contributed by atoms with Gasteiger partial charge in [0.1, 0.15) is 11.4 Å². The summed E-state index contributed by atoms with van der Waals surface area (Å²) in [4.78, 5) is 36.9. The molecule has 40 heavy (non-hydrogen) atoms. The van der Waals surface area contributed by atoms with E-state index in [1.54, 1.807) is 34.5 Å². The smallest absolute Gasteiger partial charge is 0.266 e. The van der Waals surface area contributed by atoms with Crippen LogP contribution in [0.15, 0.2) is 102 Å². The summed E-state index contributed by atoms with van der Waals surface area (Å²) in [7, 11) is 0. The number of hydrogen-bond donors (Lipinski definition) is 1. The average Bonchev–Trinajstić information content (AvgIpc) is 3.32. The molecular formula is C32H26N6O2. The third-order valence-corrected chi connectivity index (χ3v) is 6.76. The van der Waals surface area contributed by atoms with Gasteiger partial charge in [0, 0.05) is 12.4 Å². The summed E-state index contributed by atoms with van der Waals surface area (Å²) in [5, 5.41) is 7.93. The van der Waals surface area contributed by atoms with Gasteiger partial charge < -0.3 is 5.32 Å². The molecule has 8 nitrogen and oxygen atoms in total. The Balaban J connectivity index is 1.47. The standard InChI is InChI=1S/C32H26N6O2/c1-21-27(30-33-19-10-20-37(30)36-21)31(39)34-22(2)29-35-26-16-9-13-24(18-17-23-11-5-3-6-12-23)28(26)32(40)38(29)25-14-7-4-8-15-25/h3-20,22H,1-2H3,(H,34,39)/b18-17+/t22-/m0/s1. The first-order valence-corrected chi connectivity index (χ1v) is 13.0. The topological polar surface area (TPSA) is 94.2 Å². The monoisotopic (exact) mass is 526 g/mol. The van der Waals surface area contributed by atoms with Gasteiger partial charge in [-0.3, -0.25) is 14.2 Å². The number of carbonyl (C=O) groups excluding carboxylic acids is 1. The predicted octanol–water partition coefficient (Wildman–Crippen LogP) is 5.40. The molecule has 0 saturated heterocycles. The molecule has 0 aliphatic rings. The Morgan fingerprint density at radius 3 is 2.45 bits per heavy atom. The highest BCUT2D eigenvalue weighted by molar-refractivity contribution is 6.01. The van der Waals surface area contributed by atoms with E-state index < -0.39 is 6.04 Å². The fourth-order valence-corrected chi connectivity index (χ4v) is 4.87. The van der Waals surface area contributed by atoms with Gasteiger partial charge in [0.2, 0.25) is 0 Å². The van der Waals surface area contributed by atoms with Crippen molar-refractivity contribution in [3.05, 3.63) is 136 Å². The molecule has 1 atom stereocenters. The first kappa shape index (κ1) is 24.9. The van der Waals surface area contributed by atoms with Crippen LogP contribution in [-0.2, 0) is 0 Å². The van der Waals surface area contributed by atoms with Gasteiger partial charge in [-0.05, 0) is 49.2 Å². The van der Waals surface area contributed by atoms with Crippen LogP contribution < -0.4 is 10.9 Å². The summed E-state index contributed by atoms with van der Waals surface area (Å²) in [6.07, 6.45) is 7.28. The number of hydrogen-bond acceptors (Lipinski definition) is 5. The van der Waals surface area contributed by atoms with E-state index in [9.17, 15) is 9.59 Å². The van der Waals surface area contributed by atoms with Crippen molar-refractivity contribution < 1.29 is 4.79 Å². The summed E-state index contributed by atoms with van der Waals surface area (Å²) in [5.74, 6) is 0.0792. The molecular weight excluding hydrogens is 500 g/mol. The van der Waals surface area contributed by atoms with Crippen molar-refractivity contribution in [2.24, 2.45) is 0 Å². The predicted molar refractivity (Wildman–Crippen MR) is 156 cm³/mol. The molecule has 6 rings (SSSR count). The molecule has 6 aromatic rings. The van der Waals surface area contributed by atoms with E-state index in [-0.39, 0.29) is 11.5 Å². The zero-order valence-corrected chi connectivity index (χ0v) is 22.0. The maximum Gasteiger partial charge on any atom is 0.266 e. The van der Waals surface area contributed by atoms with Crippen LogP contribution in [0, 0.1) is 6.92 Å². The molecule has 8 heteroatoms. The third kappa shape index (κ3) is 4.56. The number of benzene rings is 3. The fourth-order valence-electron chi connectivity index (χ4n) is 4.87. The van der Waals surface area contributed by atoms with Crippen LogP contribution in [0.3, 0.4) is 0 Å². The summed E-state index contributed by atoms with van der Waals surface area (Å²) < 4.78 is 3.15. The molecule has 0 fully saturated rings. The second kappa shape index (κ2) is 10.4. The summed E-state index contributed by atoms with van der Waals surface area (Å²) in [5.41, 5.74) is 4.20. The van der Waals surface area contributed by atoms with Crippen molar-refractivity contribution in [1.29, 1.82) is 0 Å². The molecule has 1 N–H and O–H groups in total. The second-order valence-electron chi connectivity index (χ2n) is 9.47. The molecule has 3 aromatic carbocycles. The van der Waals surface area contributed by atoms with Crippen LogP contribution >= 0.6 is 0 Å². The van der Waals surface area contributed by atoms with Gasteiger partial charge in [-0.25, -0.2) is 14.5 Å². The van der Waals surface area contributed by atoms with Crippen LogP contribution in [0.4, 0.5) is 0 Å². The minimum absolute atomic E-state index is 0.213. The first-order chi connectivity index (χ1) is 19.5. The van der Waals surface area contributed by atoms with Crippen molar-refractivity contribution in [2.45, 2.75) is 19.9 Å². The van der Waals surface area contributed by atoms with Gasteiger partial charge in [-0.2, -0.15) is 5.10 Å². The van der Waals surface area contributed by atoms with Gasteiger partial charge in [0.15, 0.2) is 5.65 Å². The third-order valence-electron chi connectivity index (χ3n) is 6.76. The SMILES string of the molecule is Cc1nn2cccnc2c1C(=O)N[C@@H](C)c1nc2cccc(/C=C/c3ccccc3)c2c(=O)n1-c1ccccc1. The summed E-state index contributed by atoms with van der Waals surface area (Å²) in [6.45, 7) is 3.59. The molecule has 3 heterocycles. The number of nitrogens with one attached hydrogen (secondary N) is 1. The summed E-state index contributed by atoms with van der Waals surface area (Å²) >= 11 is 0. The highest BCUT2D eigenvalue weighted by Crippen LogP contribution is 2.23. The van der Waals surface area contributed by atoms with E-state index in [2.05, 4.69) is 15.4 Å². The van der Waals surface area contributed by atoms with Gasteiger partial charge in [-0.15, -0.1) is 0 Å². The number of amides is 1. The van der Waals surface area contributed by atoms with Crippen LogP contribution in [0.1, 0.15) is 46.0 Å². The molecule has 1 amide bonds. The molecule has 0 aliphatic heterocycles. The normalized spacial score (nSPS) is 12.2. The van der Waals surface area contributed by atoms with E-state index in [1.165, 1.54) is 0 Å². The molecule has 0 unspecified atom stereocenters. The van der Waals surface area contributed by atoms with Crippen molar-refractivity contribution in [3.63, 3.8) is 0 Å². The Morgan fingerprint density at radius 2 is 1.68 bits per heavy atom. The maximum absolute atomic E-state index is 14.2. The molecule has 0 radical (unpaired) electrons. The lowest BCUT2D eigenvalue weighted by Crippen LogP contribution is -2.33. The van der Waals surface area contributed by atoms with E-state index in [0.29, 0.717) is 39.3 Å². The van der Waals surface area contributed by atoms with E-state index >= 15 is 0 Å². The largest absolute Gasteiger partial charge is 0.342 e. The Labute approximate surface area is 230 Å². The lowest BCUT2D eigenvalue weighted by Gasteiger charge is -2.20. The summed E-state index contributed by atoms with van der Waals surface area (Å²) in [6, 6.07) is 26.0. The van der Waals surface area contributed by atoms with E-state index in [4.69, 9.17) is 4.98 Å². The van der Waals surface area contributed by atoms with Gasteiger partial charge >= 0.3 is 0 Å². The number of rotatable bonds is 6. The zero-order chi connectivity index (χ0) is 27.6. The minimum atomic E-state index is -0.605. The average molecular weight is 527 g/mol. The number of para-hydroxylation sites is 1. The van der Waals surface area contributed by atoms with Gasteiger partial charge in [-0.1, -0.05) is 72.8 Å². The van der Waals surface area contributed by atoms with E-state index in [1.807, 2.05) is 97.9 Å². The minimum Gasteiger partial charge on any atom is -0.342 e. The zero-order valence-electron chi connectivity index (χ0n) is 22.0. The molecule has 0 spiro atoms. The van der Waals surface area contributed by atoms with Crippen molar-refractivity contribution in [2.75, 3.05) is 0 Å². The number of aryl methyl sites for hydroxylation is 1. The lowest BCUT2D eigenvalue weighted by molar-refractivity contribution is 0.0938. The maximum atomic E-state index is 14.2. The molecule has 0 aliphatic carbocycles. The Kier molecular flexibility index (Phi) is 6.49. The molecule has 0 bridgehead atoms. The van der Waals surface area contributed by atoms with Crippen LogP contribution in [0.5, 0.6) is 0 Å². The van der Waals surface area contributed by atoms with Gasteiger partial charge in [0.05, 0.1) is 28.3 Å². The number of aromatic nitrogens is 5. The number of fused-ring (bicyclic) bond motifs is 2. The molecule has 3 aromatic heterocycles. The second-order valence-corrected chi connectivity index (χ2v) is 9.47. The molecule has 0 saturated carbocycles. The molecule has 196 valence electrons. The Bertz CT molecular complexity index is 1940. The number of carbonyl (C=O) groups is 1. The van der Waals surface area contributed by atoms with E-state index in [0.717, 1.165) is 11.1 Å². The highest BCUT2D eigenvalue weighted by Gasteiger charge is 2.24. The highest BCUT2D eigenvalue weighted by atomic mass is 16.2. The number of nitrogens with zero attached hydrogens (tertiary/aromatic N) is 5. The van der Waals surface area contributed by atoms with Crippen molar-refractivity contribution in [1.82, 2.24) is 29.5 Å². The van der Waals surface area contributed by atoms with Crippen LogP contribution in [0.2, 0.25) is 0 Å². The fraction of sp³-hybridized carbons (Fsp3) is 0.0938. The first-order valence-electron chi connectivity index (χ1n) is 13.0. The van der Waals surface area contributed by atoms with Gasteiger partial charge in [0.25, 0.3) is 11.5 Å². The lowest BCUT2D eigenvalue weighted by atomic mass is 10.1. The van der Waals surface area contributed by atoms with Crippen molar-refractivity contribution >= 4 is 34.6 Å². The Hall–Kier alpha value is -5.37. The Morgan fingerprint density at radius 1 is 0.925 bits per heavy atom. The van der Waals surface area contributed by atoms with Crippen molar-refractivity contribution in [3.8, 4) is 5.69 Å². The van der Waals surface area contributed by atoms with Crippen LogP contribution in [0.25, 0.3) is 34.4 Å². The quantitative estimate of drug-likeness (QED) is 0.293.